The maximum absolute atomic E-state index is 12.5. The van der Waals surface area contributed by atoms with Gasteiger partial charge in [-0.15, -0.1) is 0 Å². The number of aromatic amines is 1. The Balaban J connectivity index is 1.35. The molecule has 1 heterocycles. The van der Waals surface area contributed by atoms with Crippen molar-refractivity contribution >= 4 is 28.5 Å². The Kier molecular flexibility index (Phi) is 6.83. The molecule has 3 N–H and O–H groups in total. The van der Waals surface area contributed by atoms with Gasteiger partial charge in [0.1, 0.15) is 5.82 Å². The van der Waals surface area contributed by atoms with Gasteiger partial charge in [-0.05, 0) is 47.9 Å². The zero-order chi connectivity index (χ0) is 23.2. The molecule has 4 aromatic rings. The molecule has 6 heteroatoms. The molecule has 0 fully saturated rings. The first-order valence-corrected chi connectivity index (χ1v) is 11.2. The van der Waals surface area contributed by atoms with Crippen molar-refractivity contribution in [2.24, 2.45) is 5.92 Å². The van der Waals surface area contributed by atoms with E-state index in [-0.39, 0.29) is 17.7 Å². The van der Waals surface area contributed by atoms with Gasteiger partial charge in [0.05, 0.1) is 11.0 Å². The second-order valence-corrected chi connectivity index (χ2v) is 8.42. The Morgan fingerprint density at radius 2 is 1.67 bits per heavy atom. The molecular formula is C27H28N4O2. The summed E-state index contributed by atoms with van der Waals surface area (Å²) in [6.07, 6.45) is 1.57. The third-order valence-electron chi connectivity index (χ3n) is 5.49. The lowest BCUT2D eigenvalue weighted by Gasteiger charge is -2.08. The summed E-state index contributed by atoms with van der Waals surface area (Å²) in [6.45, 7) is 4.24. The second kappa shape index (κ2) is 10.1. The lowest BCUT2D eigenvalue weighted by Crippen LogP contribution is -2.22. The van der Waals surface area contributed by atoms with Gasteiger partial charge in [-0.1, -0.05) is 56.3 Å². The van der Waals surface area contributed by atoms with E-state index in [1.165, 1.54) is 5.56 Å². The largest absolute Gasteiger partial charge is 0.348 e. The van der Waals surface area contributed by atoms with E-state index < -0.39 is 0 Å². The van der Waals surface area contributed by atoms with E-state index in [0.29, 0.717) is 12.1 Å². The normalized spacial score (nSPS) is 11.0. The van der Waals surface area contributed by atoms with Crippen molar-refractivity contribution in [2.75, 3.05) is 5.32 Å². The quantitative estimate of drug-likeness (QED) is 0.365. The molecule has 0 bridgehead atoms. The predicted molar refractivity (Wildman–Crippen MR) is 131 cm³/mol. The molecule has 0 saturated carbocycles. The SMILES string of the molecule is CC(C)C(=O)Nc1ccc(CCc2nc3ccc(C(=O)NCc4ccccc4)cc3[nH]2)cc1. The lowest BCUT2D eigenvalue weighted by molar-refractivity contribution is -0.118. The van der Waals surface area contributed by atoms with Crippen molar-refractivity contribution in [3.05, 3.63) is 95.3 Å². The van der Waals surface area contributed by atoms with Gasteiger partial charge in [-0.25, -0.2) is 4.98 Å². The van der Waals surface area contributed by atoms with Crippen molar-refractivity contribution in [3.63, 3.8) is 0 Å². The lowest BCUT2D eigenvalue weighted by atomic mass is 10.1. The van der Waals surface area contributed by atoms with Crippen LogP contribution in [0.4, 0.5) is 5.69 Å². The van der Waals surface area contributed by atoms with Gasteiger partial charge < -0.3 is 15.6 Å². The Labute approximate surface area is 193 Å². The summed E-state index contributed by atoms with van der Waals surface area (Å²) in [5, 5.41) is 5.86. The zero-order valence-corrected chi connectivity index (χ0v) is 18.9. The van der Waals surface area contributed by atoms with Gasteiger partial charge >= 0.3 is 0 Å². The van der Waals surface area contributed by atoms with Crippen molar-refractivity contribution in [2.45, 2.75) is 33.2 Å². The predicted octanol–water partition coefficient (Wildman–Crippen LogP) is 4.87. The standard InChI is InChI=1S/C27H28N4O2/c1-18(2)26(32)29-22-12-8-19(9-13-22)10-15-25-30-23-14-11-21(16-24(23)31-25)27(33)28-17-20-6-4-3-5-7-20/h3-9,11-14,16,18H,10,15,17H2,1-2H3,(H,28,33)(H,29,32)(H,30,31). The van der Waals surface area contributed by atoms with Crippen LogP contribution in [0, 0.1) is 5.92 Å². The van der Waals surface area contributed by atoms with E-state index in [4.69, 9.17) is 0 Å². The summed E-state index contributed by atoms with van der Waals surface area (Å²) in [5.74, 6) is 0.733. The van der Waals surface area contributed by atoms with E-state index in [2.05, 4.69) is 20.6 Å². The van der Waals surface area contributed by atoms with Crippen LogP contribution in [0.1, 0.15) is 41.2 Å². The number of carbonyl (C=O) groups is 2. The molecule has 33 heavy (non-hydrogen) atoms. The number of rotatable bonds is 8. The summed E-state index contributed by atoms with van der Waals surface area (Å²) in [7, 11) is 0. The first-order chi connectivity index (χ1) is 16.0. The number of aromatic nitrogens is 2. The topological polar surface area (TPSA) is 86.9 Å². The number of nitrogens with one attached hydrogen (secondary N) is 3. The summed E-state index contributed by atoms with van der Waals surface area (Å²) in [6, 6.07) is 23.3. The molecule has 6 nitrogen and oxygen atoms in total. The molecule has 0 atom stereocenters. The van der Waals surface area contributed by atoms with E-state index in [0.717, 1.165) is 41.0 Å². The summed E-state index contributed by atoms with van der Waals surface area (Å²) in [4.78, 5) is 32.3. The molecule has 0 aliphatic carbocycles. The highest BCUT2D eigenvalue weighted by Crippen LogP contribution is 2.17. The number of imidazole rings is 1. The number of anilines is 1. The number of H-pyrrole nitrogens is 1. The maximum atomic E-state index is 12.5. The summed E-state index contributed by atoms with van der Waals surface area (Å²) in [5.41, 5.74) is 5.33. The fourth-order valence-electron chi connectivity index (χ4n) is 3.51. The average Bonchev–Trinajstić information content (AvgIpc) is 3.25. The second-order valence-electron chi connectivity index (χ2n) is 8.42. The van der Waals surface area contributed by atoms with Crippen molar-refractivity contribution in [1.82, 2.24) is 15.3 Å². The minimum absolute atomic E-state index is 0.0122. The van der Waals surface area contributed by atoms with Crippen LogP contribution < -0.4 is 10.6 Å². The number of amides is 2. The van der Waals surface area contributed by atoms with Crippen LogP contribution in [-0.2, 0) is 24.2 Å². The van der Waals surface area contributed by atoms with E-state index in [9.17, 15) is 9.59 Å². The van der Waals surface area contributed by atoms with E-state index in [1.807, 2.05) is 80.6 Å². The van der Waals surface area contributed by atoms with Gasteiger partial charge in [0.25, 0.3) is 5.91 Å². The average molecular weight is 441 g/mol. The van der Waals surface area contributed by atoms with Gasteiger partial charge in [0, 0.05) is 30.1 Å². The van der Waals surface area contributed by atoms with Gasteiger partial charge in [0.2, 0.25) is 5.91 Å². The molecular weight excluding hydrogens is 412 g/mol. The highest BCUT2D eigenvalue weighted by atomic mass is 16.2. The third kappa shape index (κ3) is 5.86. The molecule has 0 radical (unpaired) electrons. The van der Waals surface area contributed by atoms with Crippen LogP contribution in [0.15, 0.2) is 72.8 Å². The van der Waals surface area contributed by atoms with Crippen LogP contribution in [0.25, 0.3) is 11.0 Å². The van der Waals surface area contributed by atoms with E-state index >= 15 is 0 Å². The Morgan fingerprint density at radius 1 is 0.909 bits per heavy atom. The Bertz CT molecular complexity index is 1240. The molecule has 0 aliphatic heterocycles. The Morgan fingerprint density at radius 3 is 2.39 bits per heavy atom. The molecule has 2 amide bonds. The van der Waals surface area contributed by atoms with Crippen LogP contribution in [0.5, 0.6) is 0 Å². The number of carbonyl (C=O) groups excluding carboxylic acids is 2. The number of fused-ring (bicyclic) bond motifs is 1. The summed E-state index contributed by atoms with van der Waals surface area (Å²) < 4.78 is 0. The maximum Gasteiger partial charge on any atom is 0.251 e. The molecule has 168 valence electrons. The monoisotopic (exact) mass is 440 g/mol. The van der Waals surface area contributed by atoms with Crippen LogP contribution in [-0.4, -0.2) is 21.8 Å². The highest BCUT2D eigenvalue weighted by Gasteiger charge is 2.10. The number of hydrogen-bond acceptors (Lipinski definition) is 3. The van der Waals surface area contributed by atoms with Crippen molar-refractivity contribution in [1.29, 1.82) is 0 Å². The van der Waals surface area contributed by atoms with E-state index in [1.54, 1.807) is 6.07 Å². The van der Waals surface area contributed by atoms with Crippen molar-refractivity contribution < 1.29 is 9.59 Å². The van der Waals surface area contributed by atoms with Crippen LogP contribution >= 0.6 is 0 Å². The number of aryl methyl sites for hydroxylation is 2. The number of nitrogens with zero attached hydrogens (tertiary/aromatic N) is 1. The molecule has 0 aliphatic rings. The van der Waals surface area contributed by atoms with Gasteiger partial charge in [-0.3, -0.25) is 9.59 Å². The smallest absolute Gasteiger partial charge is 0.251 e. The fraction of sp³-hybridized carbons (Fsp3) is 0.222. The Hall–Kier alpha value is -3.93. The fourth-order valence-corrected chi connectivity index (χ4v) is 3.51. The summed E-state index contributed by atoms with van der Waals surface area (Å²) >= 11 is 0. The van der Waals surface area contributed by atoms with Gasteiger partial charge in [-0.2, -0.15) is 0 Å². The number of benzene rings is 3. The molecule has 0 spiro atoms. The van der Waals surface area contributed by atoms with Crippen LogP contribution in [0.2, 0.25) is 0 Å². The van der Waals surface area contributed by atoms with Crippen LogP contribution in [0.3, 0.4) is 0 Å². The zero-order valence-electron chi connectivity index (χ0n) is 18.9. The molecule has 4 rings (SSSR count). The minimum Gasteiger partial charge on any atom is -0.348 e. The molecule has 0 saturated heterocycles. The third-order valence-corrected chi connectivity index (χ3v) is 5.49. The first-order valence-electron chi connectivity index (χ1n) is 11.2. The highest BCUT2D eigenvalue weighted by molar-refractivity contribution is 5.97. The molecule has 1 aromatic heterocycles. The molecule has 3 aromatic carbocycles. The minimum atomic E-state index is -0.110. The molecule has 0 unspecified atom stereocenters. The van der Waals surface area contributed by atoms with Crippen molar-refractivity contribution in [3.8, 4) is 0 Å². The number of hydrogen-bond donors (Lipinski definition) is 3. The first kappa shape index (κ1) is 22.3. The van der Waals surface area contributed by atoms with Gasteiger partial charge in [0.15, 0.2) is 0 Å².